The molecule has 0 aliphatic carbocycles. The first-order valence-corrected chi connectivity index (χ1v) is 10.7. The normalized spacial score (nSPS) is 13.7. The molecule has 2 aromatic carbocycles. The number of esters is 1. The molecular formula is C25H24N4O3. The summed E-state index contributed by atoms with van der Waals surface area (Å²) in [4.78, 5) is 17.3. The molecule has 0 saturated carbocycles. The van der Waals surface area contributed by atoms with E-state index in [2.05, 4.69) is 10.3 Å². The quantitative estimate of drug-likeness (QED) is 0.459. The first-order chi connectivity index (χ1) is 15.6. The van der Waals surface area contributed by atoms with Gasteiger partial charge >= 0.3 is 5.97 Å². The van der Waals surface area contributed by atoms with E-state index in [0.29, 0.717) is 11.7 Å². The van der Waals surface area contributed by atoms with Crippen LogP contribution in [0.5, 0.6) is 0 Å². The van der Waals surface area contributed by atoms with E-state index in [1.165, 1.54) is 0 Å². The maximum absolute atomic E-state index is 12.6. The summed E-state index contributed by atoms with van der Waals surface area (Å²) in [5.74, 6) is -0.447. The number of nitrogens with zero attached hydrogens (tertiary/aromatic N) is 3. The third-order valence-electron chi connectivity index (χ3n) is 5.50. The van der Waals surface area contributed by atoms with E-state index < -0.39 is 5.97 Å². The van der Waals surface area contributed by atoms with Crippen LogP contribution in [0.4, 0.5) is 5.69 Å². The Balaban J connectivity index is 1.65. The molecule has 0 spiro atoms. The van der Waals surface area contributed by atoms with Gasteiger partial charge in [-0.3, -0.25) is 0 Å². The summed E-state index contributed by atoms with van der Waals surface area (Å²) in [7, 11) is 0. The number of aryl methyl sites for hydroxylation is 1. The van der Waals surface area contributed by atoms with Crippen molar-refractivity contribution in [1.29, 1.82) is 0 Å². The van der Waals surface area contributed by atoms with Crippen LogP contribution in [0.25, 0.3) is 27.8 Å². The molecule has 1 N–H and O–H groups in total. The van der Waals surface area contributed by atoms with Gasteiger partial charge in [-0.25, -0.2) is 14.5 Å². The number of benzene rings is 2. The van der Waals surface area contributed by atoms with Gasteiger partial charge in [-0.1, -0.05) is 30.3 Å². The summed E-state index contributed by atoms with van der Waals surface area (Å²) in [6.07, 6.45) is 0. The van der Waals surface area contributed by atoms with Crippen LogP contribution in [0.1, 0.15) is 23.1 Å². The molecule has 0 amide bonds. The highest BCUT2D eigenvalue weighted by Gasteiger charge is 2.21. The van der Waals surface area contributed by atoms with Crippen LogP contribution in [0.3, 0.4) is 0 Å². The van der Waals surface area contributed by atoms with Gasteiger partial charge in [0.1, 0.15) is 0 Å². The minimum absolute atomic E-state index is 0.264. The SMILES string of the molecule is CCOC(=O)c1cc(-c2ccc(NC3COC3)cc2)c2c(C)nn(-c3ccccc3)c2n1. The van der Waals surface area contributed by atoms with E-state index in [0.717, 1.165) is 46.8 Å². The molecule has 162 valence electrons. The lowest BCUT2D eigenvalue weighted by Crippen LogP contribution is -2.40. The third-order valence-corrected chi connectivity index (χ3v) is 5.50. The molecule has 3 heterocycles. The number of fused-ring (bicyclic) bond motifs is 1. The molecule has 1 fully saturated rings. The number of para-hydroxylation sites is 1. The van der Waals surface area contributed by atoms with Crippen molar-refractivity contribution in [3.63, 3.8) is 0 Å². The third kappa shape index (κ3) is 3.71. The number of carbonyl (C=O) groups is 1. The minimum Gasteiger partial charge on any atom is -0.461 e. The second-order valence-electron chi connectivity index (χ2n) is 7.76. The lowest BCUT2D eigenvalue weighted by Gasteiger charge is -2.27. The van der Waals surface area contributed by atoms with Crippen molar-refractivity contribution >= 4 is 22.7 Å². The number of ether oxygens (including phenoxy) is 2. The fourth-order valence-electron chi connectivity index (χ4n) is 3.88. The van der Waals surface area contributed by atoms with Crippen molar-refractivity contribution in [2.24, 2.45) is 0 Å². The summed E-state index contributed by atoms with van der Waals surface area (Å²) in [5.41, 5.74) is 5.53. The van der Waals surface area contributed by atoms with Crippen LogP contribution < -0.4 is 5.32 Å². The molecule has 7 heteroatoms. The fraction of sp³-hybridized carbons (Fsp3) is 0.240. The van der Waals surface area contributed by atoms with E-state index in [1.54, 1.807) is 17.7 Å². The number of nitrogens with one attached hydrogen (secondary N) is 1. The highest BCUT2D eigenvalue weighted by atomic mass is 16.5. The monoisotopic (exact) mass is 428 g/mol. The highest BCUT2D eigenvalue weighted by Crippen LogP contribution is 2.33. The van der Waals surface area contributed by atoms with Crippen LogP contribution in [0.2, 0.25) is 0 Å². The Labute approximate surface area is 186 Å². The molecule has 32 heavy (non-hydrogen) atoms. The molecule has 5 rings (SSSR count). The van der Waals surface area contributed by atoms with Crippen LogP contribution in [0, 0.1) is 6.92 Å². The predicted molar refractivity (Wildman–Crippen MR) is 123 cm³/mol. The van der Waals surface area contributed by atoms with Gasteiger partial charge < -0.3 is 14.8 Å². The Bertz CT molecular complexity index is 1260. The predicted octanol–water partition coefficient (Wildman–Crippen LogP) is 4.38. The van der Waals surface area contributed by atoms with Crippen LogP contribution in [-0.4, -0.2) is 46.6 Å². The van der Waals surface area contributed by atoms with Crippen LogP contribution in [0.15, 0.2) is 60.7 Å². The van der Waals surface area contributed by atoms with Gasteiger partial charge in [0, 0.05) is 5.69 Å². The molecule has 7 nitrogen and oxygen atoms in total. The Morgan fingerprint density at radius 3 is 2.56 bits per heavy atom. The van der Waals surface area contributed by atoms with Crippen molar-refractivity contribution in [2.75, 3.05) is 25.1 Å². The van der Waals surface area contributed by atoms with Crippen molar-refractivity contribution < 1.29 is 14.3 Å². The zero-order chi connectivity index (χ0) is 22.1. The second-order valence-corrected chi connectivity index (χ2v) is 7.76. The summed E-state index contributed by atoms with van der Waals surface area (Å²) in [6, 6.07) is 20.1. The van der Waals surface area contributed by atoms with Crippen LogP contribution in [-0.2, 0) is 9.47 Å². The maximum atomic E-state index is 12.6. The standard InChI is InChI=1S/C25H24N4O3/c1-3-32-25(30)22-13-21(17-9-11-18(12-10-17)26-19-14-31-15-19)23-16(2)28-29(24(23)27-22)20-7-5-4-6-8-20/h4-13,19,26H,3,14-15H2,1-2H3. The summed E-state index contributed by atoms with van der Waals surface area (Å²) < 4.78 is 12.3. The van der Waals surface area contributed by atoms with E-state index in [9.17, 15) is 4.79 Å². The fourth-order valence-corrected chi connectivity index (χ4v) is 3.88. The maximum Gasteiger partial charge on any atom is 0.357 e. The summed E-state index contributed by atoms with van der Waals surface area (Å²) in [6.45, 7) is 5.50. The lowest BCUT2D eigenvalue weighted by molar-refractivity contribution is 0.0211. The average molecular weight is 428 g/mol. The Kier molecular flexibility index (Phi) is 5.33. The van der Waals surface area contributed by atoms with E-state index in [4.69, 9.17) is 14.6 Å². The molecule has 0 atom stereocenters. The first kappa shape index (κ1) is 20.2. The molecule has 0 unspecified atom stereocenters. The van der Waals surface area contributed by atoms with Crippen molar-refractivity contribution in [3.05, 3.63) is 72.1 Å². The second kappa shape index (κ2) is 8.43. The van der Waals surface area contributed by atoms with Gasteiger partial charge in [-0.05, 0) is 55.3 Å². The number of aromatic nitrogens is 3. The number of hydrogen-bond donors (Lipinski definition) is 1. The zero-order valence-electron chi connectivity index (χ0n) is 18.0. The molecule has 1 aliphatic rings. The molecule has 0 radical (unpaired) electrons. The first-order valence-electron chi connectivity index (χ1n) is 10.7. The van der Waals surface area contributed by atoms with Gasteiger partial charge in [-0.2, -0.15) is 5.10 Å². The summed E-state index contributed by atoms with van der Waals surface area (Å²) in [5, 5.41) is 9.11. The Morgan fingerprint density at radius 2 is 1.91 bits per heavy atom. The Morgan fingerprint density at radius 1 is 1.16 bits per heavy atom. The summed E-state index contributed by atoms with van der Waals surface area (Å²) >= 11 is 0. The van der Waals surface area contributed by atoms with E-state index in [1.807, 2.05) is 61.5 Å². The molecular weight excluding hydrogens is 404 g/mol. The average Bonchev–Trinajstić information content (AvgIpc) is 3.13. The van der Waals surface area contributed by atoms with Gasteiger partial charge in [0.15, 0.2) is 11.3 Å². The topological polar surface area (TPSA) is 78.3 Å². The molecule has 1 saturated heterocycles. The molecule has 4 aromatic rings. The minimum atomic E-state index is -0.447. The number of pyridine rings is 1. The largest absolute Gasteiger partial charge is 0.461 e. The van der Waals surface area contributed by atoms with Gasteiger partial charge in [-0.15, -0.1) is 0 Å². The Hall–Kier alpha value is -3.71. The zero-order valence-corrected chi connectivity index (χ0v) is 18.0. The van der Waals surface area contributed by atoms with E-state index >= 15 is 0 Å². The smallest absolute Gasteiger partial charge is 0.357 e. The number of carbonyl (C=O) groups excluding carboxylic acids is 1. The number of anilines is 1. The van der Waals surface area contributed by atoms with Crippen LogP contribution >= 0.6 is 0 Å². The molecule has 1 aliphatic heterocycles. The number of hydrogen-bond acceptors (Lipinski definition) is 6. The molecule has 0 bridgehead atoms. The van der Waals surface area contributed by atoms with E-state index in [-0.39, 0.29) is 12.3 Å². The van der Waals surface area contributed by atoms with Gasteiger partial charge in [0.2, 0.25) is 0 Å². The van der Waals surface area contributed by atoms with Gasteiger partial charge in [0.05, 0.1) is 42.6 Å². The lowest BCUT2D eigenvalue weighted by atomic mass is 10.0. The highest BCUT2D eigenvalue weighted by molar-refractivity contribution is 6.00. The number of rotatable bonds is 6. The van der Waals surface area contributed by atoms with Crippen molar-refractivity contribution in [3.8, 4) is 16.8 Å². The van der Waals surface area contributed by atoms with Gasteiger partial charge in [0.25, 0.3) is 0 Å². The molecule has 2 aromatic heterocycles. The van der Waals surface area contributed by atoms with Crippen molar-refractivity contribution in [2.45, 2.75) is 19.9 Å². The van der Waals surface area contributed by atoms with Crippen molar-refractivity contribution in [1.82, 2.24) is 14.8 Å².